The highest BCUT2D eigenvalue weighted by Crippen LogP contribution is 2.20. The van der Waals surface area contributed by atoms with E-state index in [1.54, 1.807) is 23.2 Å². The van der Waals surface area contributed by atoms with E-state index in [1.165, 1.54) is 12.1 Å². The highest BCUT2D eigenvalue weighted by molar-refractivity contribution is 5.94. The Bertz CT molecular complexity index is 956. The number of rotatable bonds is 4. The molecule has 1 saturated heterocycles. The maximum Gasteiger partial charge on any atom is 0.253 e. The molecular weight excluding hydrogens is 355 g/mol. The molecule has 3 aromatic rings. The summed E-state index contributed by atoms with van der Waals surface area (Å²) in [6.45, 7) is 1.23. The number of amides is 1. The van der Waals surface area contributed by atoms with Crippen molar-refractivity contribution in [3.8, 4) is 11.3 Å². The van der Waals surface area contributed by atoms with Crippen LogP contribution in [0.3, 0.4) is 0 Å². The summed E-state index contributed by atoms with van der Waals surface area (Å²) in [5, 5.41) is 3.38. The topological polar surface area (TPSA) is 58.1 Å². The largest absolute Gasteiger partial charge is 0.351 e. The molecular formula is C22H21FN4O. The fraction of sp³-hybridized carbons (Fsp3) is 0.227. The van der Waals surface area contributed by atoms with E-state index in [2.05, 4.69) is 15.3 Å². The molecule has 4 rings (SSSR count). The third-order valence-electron chi connectivity index (χ3n) is 4.91. The number of nitrogens with zero attached hydrogens (tertiary/aromatic N) is 3. The minimum atomic E-state index is -0.391. The Morgan fingerprint density at radius 2 is 1.82 bits per heavy atom. The summed E-state index contributed by atoms with van der Waals surface area (Å²) in [7, 11) is 0. The fourth-order valence-electron chi connectivity index (χ4n) is 3.41. The molecule has 2 heterocycles. The van der Waals surface area contributed by atoms with Crippen LogP contribution in [-0.4, -0.2) is 39.9 Å². The highest BCUT2D eigenvalue weighted by Gasteiger charge is 2.24. The quantitative estimate of drug-likeness (QED) is 0.748. The Kier molecular flexibility index (Phi) is 5.28. The predicted molar refractivity (Wildman–Crippen MR) is 106 cm³/mol. The van der Waals surface area contributed by atoms with Crippen molar-refractivity contribution in [1.29, 1.82) is 0 Å². The summed E-state index contributed by atoms with van der Waals surface area (Å²) in [6, 6.07) is 17.9. The lowest BCUT2D eigenvalue weighted by Gasteiger charge is -2.32. The van der Waals surface area contributed by atoms with Crippen molar-refractivity contribution in [2.75, 3.05) is 18.4 Å². The van der Waals surface area contributed by atoms with Crippen molar-refractivity contribution in [3.05, 3.63) is 78.2 Å². The van der Waals surface area contributed by atoms with Crippen LogP contribution in [0.15, 0.2) is 66.9 Å². The first-order valence-corrected chi connectivity index (χ1v) is 9.39. The molecule has 1 aromatic heterocycles. The minimum absolute atomic E-state index is 0.125. The molecule has 2 aromatic carbocycles. The van der Waals surface area contributed by atoms with Crippen LogP contribution in [0.5, 0.6) is 0 Å². The van der Waals surface area contributed by atoms with Gasteiger partial charge in [-0.25, -0.2) is 14.4 Å². The molecule has 28 heavy (non-hydrogen) atoms. The van der Waals surface area contributed by atoms with Crippen LogP contribution in [0.1, 0.15) is 23.2 Å². The van der Waals surface area contributed by atoms with Crippen LogP contribution in [0.4, 0.5) is 10.3 Å². The molecule has 0 bridgehead atoms. The SMILES string of the molecule is O=C(c1cccc(F)c1)N1CCC(Nc2nccc(-c3ccccc3)n2)CC1. The molecule has 142 valence electrons. The second-order valence-electron chi connectivity index (χ2n) is 6.85. The van der Waals surface area contributed by atoms with Gasteiger partial charge in [-0.05, 0) is 37.1 Å². The third kappa shape index (κ3) is 4.17. The molecule has 0 radical (unpaired) electrons. The number of aromatic nitrogens is 2. The average molecular weight is 376 g/mol. The number of anilines is 1. The maximum atomic E-state index is 13.4. The summed E-state index contributed by atoms with van der Waals surface area (Å²) < 4.78 is 13.4. The van der Waals surface area contributed by atoms with E-state index in [0.29, 0.717) is 24.6 Å². The Morgan fingerprint density at radius 1 is 1.04 bits per heavy atom. The smallest absolute Gasteiger partial charge is 0.253 e. The van der Waals surface area contributed by atoms with Gasteiger partial charge in [-0.3, -0.25) is 4.79 Å². The molecule has 1 amide bonds. The van der Waals surface area contributed by atoms with Crippen molar-refractivity contribution in [2.24, 2.45) is 0 Å². The van der Waals surface area contributed by atoms with Crippen LogP contribution in [0.2, 0.25) is 0 Å². The molecule has 1 aliphatic heterocycles. The number of carbonyl (C=O) groups is 1. The highest BCUT2D eigenvalue weighted by atomic mass is 19.1. The number of benzene rings is 2. The Morgan fingerprint density at radius 3 is 2.57 bits per heavy atom. The normalized spacial score (nSPS) is 14.7. The first-order valence-electron chi connectivity index (χ1n) is 9.39. The van der Waals surface area contributed by atoms with Crippen LogP contribution >= 0.6 is 0 Å². The van der Waals surface area contributed by atoms with Crippen LogP contribution in [0, 0.1) is 5.82 Å². The molecule has 0 atom stereocenters. The van der Waals surface area contributed by atoms with Gasteiger partial charge >= 0.3 is 0 Å². The van der Waals surface area contributed by atoms with Crippen LogP contribution < -0.4 is 5.32 Å². The zero-order valence-corrected chi connectivity index (χ0v) is 15.4. The summed E-state index contributed by atoms with van der Waals surface area (Å²) in [4.78, 5) is 23.2. The van der Waals surface area contributed by atoms with Crippen molar-refractivity contribution < 1.29 is 9.18 Å². The van der Waals surface area contributed by atoms with E-state index in [1.807, 2.05) is 36.4 Å². The van der Waals surface area contributed by atoms with Gasteiger partial charge in [0.15, 0.2) is 0 Å². The van der Waals surface area contributed by atoms with Gasteiger partial charge in [-0.15, -0.1) is 0 Å². The third-order valence-corrected chi connectivity index (χ3v) is 4.91. The van der Waals surface area contributed by atoms with Gasteiger partial charge in [-0.2, -0.15) is 0 Å². The summed E-state index contributed by atoms with van der Waals surface area (Å²) >= 11 is 0. The molecule has 6 heteroatoms. The van der Waals surface area contributed by atoms with Gasteiger partial charge in [-0.1, -0.05) is 36.4 Å². The number of nitrogens with one attached hydrogen (secondary N) is 1. The summed E-state index contributed by atoms with van der Waals surface area (Å²) in [5.74, 6) is 0.0781. The van der Waals surface area contributed by atoms with Crippen molar-refractivity contribution in [3.63, 3.8) is 0 Å². The van der Waals surface area contributed by atoms with E-state index in [0.717, 1.165) is 24.1 Å². The summed E-state index contributed by atoms with van der Waals surface area (Å²) in [5.41, 5.74) is 2.31. The van der Waals surface area contributed by atoms with Gasteiger partial charge in [0, 0.05) is 36.5 Å². The number of halogens is 1. The second-order valence-corrected chi connectivity index (χ2v) is 6.85. The zero-order chi connectivity index (χ0) is 19.3. The second kappa shape index (κ2) is 8.17. The van der Waals surface area contributed by atoms with Gasteiger partial charge in [0.1, 0.15) is 5.82 Å². The van der Waals surface area contributed by atoms with E-state index < -0.39 is 5.82 Å². The van der Waals surface area contributed by atoms with E-state index in [-0.39, 0.29) is 11.9 Å². The number of hydrogen-bond donors (Lipinski definition) is 1. The zero-order valence-electron chi connectivity index (χ0n) is 15.4. The molecule has 0 unspecified atom stereocenters. The lowest BCUT2D eigenvalue weighted by molar-refractivity contribution is 0.0718. The first kappa shape index (κ1) is 18.1. The maximum absolute atomic E-state index is 13.4. The van der Waals surface area contributed by atoms with Gasteiger partial charge in [0.2, 0.25) is 5.95 Å². The molecule has 1 aliphatic rings. The van der Waals surface area contributed by atoms with E-state index in [9.17, 15) is 9.18 Å². The predicted octanol–water partition coefficient (Wildman–Crippen LogP) is 4.00. The number of likely N-dealkylation sites (tertiary alicyclic amines) is 1. The van der Waals surface area contributed by atoms with Gasteiger partial charge in [0.25, 0.3) is 5.91 Å². The minimum Gasteiger partial charge on any atom is -0.351 e. The van der Waals surface area contributed by atoms with E-state index in [4.69, 9.17) is 0 Å². The molecule has 5 nitrogen and oxygen atoms in total. The molecule has 0 spiro atoms. The molecule has 0 saturated carbocycles. The van der Waals surface area contributed by atoms with Crippen LogP contribution in [-0.2, 0) is 0 Å². The summed E-state index contributed by atoms with van der Waals surface area (Å²) in [6.07, 6.45) is 3.33. The molecule has 1 N–H and O–H groups in total. The lowest BCUT2D eigenvalue weighted by atomic mass is 10.0. The number of carbonyl (C=O) groups excluding carboxylic acids is 1. The number of piperidine rings is 1. The molecule has 1 fully saturated rings. The van der Waals surface area contributed by atoms with Gasteiger partial charge < -0.3 is 10.2 Å². The Balaban J connectivity index is 1.37. The van der Waals surface area contributed by atoms with Crippen molar-refractivity contribution >= 4 is 11.9 Å². The lowest BCUT2D eigenvalue weighted by Crippen LogP contribution is -2.42. The average Bonchev–Trinajstić information content (AvgIpc) is 2.75. The Hall–Kier alpha value is -3.28. The van der Waals surface area contributed by atoms with Crippen molar-refractivity contribution in [2.45, 2.75) is 18.9 Å². The van der Waals surface area contributed by atoms with E-state index >= 15 is 0 Å². The van der Waals surface area contributed by atoms with Gasteiger partial charge in [0.05, 0.1) is 5.69 Å². The number of hydrogen-bond acceptors (Lipinski definition) is 4. The van der Waals surface area contributed by atoms with Crippen molar-refractivity contribution in [1.82, 2.24) is 14.9 Å². The first-order chi connectivity index (χ1) is 13.7. The molecule has 0 aliphatic carbocycles. The Labute approximate surface area is 163 Å². The van der Waals surface area contributed by atoms with Crippen LogP contribution in [0.25, 0.3) is 11.3 Å². The monoisotopic (exact) mass is 376 g/mol. The standard InChI is InChI=1S/C22H21FN4O/c23-18-8-4-7-17(15-18)21(28)27-13-10-19(11-14-27)25-22-24-12-9-20(26-22)16-5-2-1-3-6-16/h1-9,12,15,19H,10-11,13-14H2,(H,24,25,26). The fourth-order valence-corrected chi connectivity index (χ4v) is 3.41.